The van der Waals surface area contributed by atoms with Gasteiger partial charge in [0, 0.05) is 12.1 Å². The summed E-state index contributed by atoms with van der Waals surface area (Å²) in [6, 6.07) is 7.92. The highest BCUT2D eigenvalue weighted by molar-refractivity contribution is 7.16. The molecule has 0 fully saturated rings. The number of aromatic nitrogens is 4. The molecule has 2 N–H and O–H groups in total. The standard InChI is InChI=1S/C12H13N5S/c1-8-16-17-11(14-15-12(17)18-8)7-4-9-2-5-10(13)6-3-9/h2-3,5-6H,4,7,13H2,1H3. The second-order valence-corrected chi connectivity index (χ2v) is 5.33. The highest BCUT2D eigenvalue weighted by Crippen LogP contribution is 2.14. The van der Waals surface area contributed by atoms with Crippen molar-refractivity contribution in [3.63, 3.8) is 0 Å². The Hall–Kier alpha value is -1.95. The largest absolute Gasteiger partial charge is 0.399 e. The zero-order valence-electron chi connectivity index (χ0n) is 10.00. The summed E-state index contributed by atoms with van der Waals surface area (Å²) in [6.07, 6.45) is 1.74. The van der Waals surface area contributed by atoms with E-state index in [-0.39, 0.29) is 0 Å². The number of hydrogen-bond donors (Lipinski definition) is 1. The molecule has 0 amide bonds. The highest BCUT2D eigenvalue weighted by atomic mass is 32.1. The first kappa shape index (κ1) is 11.2. The Labute approximate surface area is 108 Å². The van der Waals surface area contributed by atoms with E-state index in [2.05, 4.69) is 15.3 Å². The van der Waals surface area contributed by atoms with Crippen molar-refractivity contribution in [1.29, 1.82) is 0 Å². The van der Waals surface area contributed by atoms with Gasteiger partial charge in [-0.2, -0.15) is 9.61 Å². The van der Waals surface area contributed by atoms with Crippen molar-refractivity contribution in [2.45, 2.75) is 19.8 Å². The summed E-state index contributed by atoms with van der Waals surface area (Å²) in [5, 5.41) is 13.7. The molecule has 6 heteroatoms. The van der Waals surface area contributed by atoms with Crippen LogP contribution in [-0.4, -0.2) is 19.8 Å². The SMILES string of the molecule is Cc1nn2c(CCc3ccc(N)cc3)nnc2s1. The van der Waals surface area contributed by atoms with E-state index in [4.69, 9.17) is 5.73 Å². The average Bonchev–Trinajstić information content (AvgIpc) is 2.88. The Balaban J connectivity index is 1.78. The van der Waals surface area contributed by atoms with Gasteiger partial charge in [0.25, 0.3) is 0 Å². The monoisotopic (exact) mass is 259 g/mol. The van der Waals surface area contributed by atoms with Crippen molar-refractivity contribution in [2.75, 3.05) is 5.73 Å². The lowest BCUT2D eigenvalue weighted by Crippen LogP contribution is -1.99. The number of nitrogens with two attached hydrogens (primary N) is 1. The van der Waals surface area contributed by atoms with Gasteiger partial charge in [0.15, 0.2) is 5.82 Å². The summed E-state index contributed by atoms with van der Waals surface area (Å²) in [7, 11) is 0. The van der Waals surface area contributed by atoms with Crippen molar-refractivity contribution < 1.29 is 0 Å². The van der Waals surface area contributed by atoms with Crippen molar-refractivity contribution in [3.05, 3.63) is 40.7 Å². The van der Waals surface area contributed by atoms with E-state index >= 15 is 0 Å². The van der Waals surface area contributed by atoms with Crippen LogP contribution in [0.4, 0.5) is 5.69 Å². The number of hydrogen-bond acceptors (Lipinski definition) is 5. The van der Waals surface area contributed by atoms with Crippen LogP contribution in [0.2, 0.25) is 0 Å². The fourth-order valence-corrected chi connectivity index (χ4v) is 2.55. The van der Waals surface area contributed by atoms with Gasteiger partial charge in [0.1, 0.15) is 5.01 Å². The maximum absolute atomic E-state index is 5.66. The van der Waals surface area contributed by atoms with E-state index in [1.807, 2.05) is 35.7 Å². The lowest BCUT2D eigenvalue weighted by atomic mass is 10.1. The normalized spacial score (nSPS) is 11.2. The molecule has 5 nitrogen and oxygen atoms in total. The molecule has 2 heterocycles. The van der Waals surface area contributed by atoms with E-state index in [1.54, 1.807) is 11.3 Å². The molecule has 92 valence electrons. The van der Waals surface area contributed by atoms with E-state index in [0.29, 0.717) is 0 Å². The van der Waals surface area contributed by atoms with E-state index in [9.17, 15) is 0 Å². The molecule has 0 saturated carbocycles. The first-order valence-corrected chi connectivity index (χ1v) is 6.56. The third-order valence-corrected chi connectivity index (χ3v) is 3.59. The second kappa shape index (κ2) is 4.38. The Morgan fingerprint density at radius 3 is 2.72 bits per heavy atom. The van der Waals surface area contributed by atoms with Crippen LogP contribution >= 0.6 is 11.3 Å². The fourth-order valence-electron chi connectivity index (χ4n) is 1.85. The zero-order valence-corrected chi connectivity index (χ0v) is 10.8. The number of benzene rings is 1. The lowest BCUT2D eigenvalue weighted by Gasteiger charge is -2.00. The second-order valence-electron chi connectivity index (χ2n) is 4.17. The van der Waals surface area contributed by atoms with Crippen molar-refractivity contribution in [3.8, 4) is 0 Å². The number of nitrogen functional groups attached to an aromatic ring is 1. The predicted octanol–water partition coefficient (Wildman–Crippen LogP) is 1.86. The summed E-state index contributed by atoms with van der Waals surface area (Å²) < 4.78 is 1.83. The number of fused-ring (bicyclic) bond motifs is 1. The highest BCUT2D eigenvalue weighted by Gasteiger charge is 2.09. The summed E-state index contributed by atoms with van der Waals surface area (Å²) in [4.78, 5) is 0.861. The van der Waals surface area contributed by atoms with E-state index < -0.39 is 0 Å². The first-order chi connectivity index (χ1) is 8.72. The predicted molar refractivity (Wildman–Crippen MR) is 71.7 cm³/mol. The Kier molecular flexibility index (Phi) is 2.71. The Bertz CT molecular complexity index is 667. The minimum atomic E-state index is 0.791. The molecule has 3 aromatic rings. The number of anilines is 1. The van der Waals surface area contributed by atoms with Crippen LogP contribution in [0.25, 0.3) is 4.96 Å². The van der Waals surface area contributed by atoms with Crippen LogP contribution in [-0.2, 0) is 12.8 Å². The van der Waals surface area contributed by atoms with Crippen molar-refractivity contribution in [1.82, 2.24) is 19.8 Å². The number of aryl methyl sites for hydroxylation is 3. The zero-order chi connectivity index (χ0) is 12.5. The quantitative estimate of drug-likeness (QED) is 0.729. The number of nitrogens with zero attached hydrogens (tertiary/aromatic N) is 4. The molecular formula is C12H13N5S. The van der Waals surface area contributed by atoms with Gasteiger partial charge in [0.05, 0.1) is 0 Å². The third kappa shape index (κ3) is 2.06. The molecule has 0 atom stereocenters. The van der Waals surface area contributed by atoms with Gasteiger partial charge in [-0.3, -0.25) is 0 Å². The first-order valence-electron chi connectivity index (χ1n) is 5.74. The van der Waals surface area contributed by atoms with Gasteiger partial charge in [-0.05, 0) is 31.0 Å². The summed E-state index contributed by atoms with van der Waals surface area (Å²) in [5.41, 5.74) is 7.69. The van der Waals surface area contributed by atoms with Gasteiger partial charge in [-0.15, -0.1) is 10.2 Å². The van der Waals surface area contributed by atoms with Gasteiger partial charge in [-0.1, -0.05) is 23.5 Å². The summed E-state index contributed by atoms with van der Waals surface area (Å²) >= 11 is 1.56. The van der Waals surface area contributed by atoms with Gasteiger partial charge < -0.3 is 5.73 Å². The van der Waals surface area contributed by atoms with Gasteiger partial charge >= 0.3 is 0 Å². The maximum atomic E-state index is 5.66. The molecule has 3 rings (SSSR count). The molecule has 1 aromatic carbocycles. The molecule has 0 aliphatic rings. The maximum Gasteiger partial charge on any atom is 0.234 e. The molecule has 2 aromatic heterocycles. The van der Waals surface area contributed by atoms with Crippen LogP contribution in [0, 0.1) is 6.92 Å². The fraction of sp³-hybridized carbons (Fsp3) is 0.250. The smallest absolute Gasteiger partial charge is 0.234 e. The molecule has 0 unspecified atom stereocenters. The van der Waals surface area contributed by atoms with Crippen LogP contribution in [0.1, 0.15) is 16.4 Å². The molecule has 0 aliphatic carbocycles. The Morgan fingerprint density at radius 1 is 1.17 bits per heavy atom. The van der Waals surface area contributed by atoms with Gasteiger partial charge in [-0.25, -0.2) is 0 Å². The van der Waals surface area contributed by atoms with Crippen LogP contribution in [0.3, 0.4) is 0 Å². The molecule has 0 spiro atoms. The van der Waals surface area contributed by atoms with Crippen LogP contribution in [0.15, 0.2) is 24.3 Å². The van der Waals surface area contributed by atoms with E-state index in [0.717, 1.165) is 34.3 Å². The topological polar surface area (TPSA) is 69.1 Å². The molecule has 18 heavy (non-hydrogen) atoms. The minimum absolute atomic E-state index is 0.791. The molecule has 0 aliphatic heterocycles. The summed E-state index contributed by atoms with van der Waals surface area (Å²) in [6.45, 7) is 1.98. The lowest BCUT2D eigenvalue weighted by molar-refractivity contribution is 0.785. The van der Waals surface area contributed by atoms with Crippen LogP contribution < -0.4 is 5.73 Å². The Morgan fingerprint density at radius 2 is 1.94 bits per heavy atom. The summed E-state index contributed by atoms with van der Waals surface area (Å²) in [5.74, 6) is 0.908. The van der Waals surface area contributed by atoms with Crippen molar-refractivity contribution in [2.24, 2.45) is 0 Å². The molecule has 0 saturated heterocycles. The third-order valence-electron chi connectivity index (χ3n) is 2.77. The van der Waals surface area contributed by atoms with Crippen LogP contribution in [0.5, 0.6) is 0 Å². The number of rotatable bonds is 3. The molecule has 0 bridgehead atoms. The van der Waals surface area contributed by atoms with E-state index in [1.165, 1.54) is 5.56 Å². The molecular weight excluding hydrogens is 246 g/mol. The van der Waals surface area contributed by atoms with Gasteiger partial charge in [0.2, 0.25) is 4.96 Å². The van der Waals surface area contributed by atoms with Crippen molar-refractivity contribution >= 4 is 22.0 Å². The average molecular weight is 259 g/mol. The molecule has 0 radical (unpaired) electrons. The minimum Gasteiger partial charge on any atom is -0.399 e.